The summed E-state index contributed by atoms with van der Waals surface area (Å²) in [5, 5.41) is 0. The summed E-state index contributed by atoms with van der Waals surface area (Å²) in [6.45, 7) is 6.37. The van der Waals surface area contributed by atoms with Crippen molar-refractivity contribution in [1.29, 1.82) is 0 Å². The molecule has 1 saturated heterocycles. The van der Waals surface area contributed by atoms with E-state index in [-0.39, 0.29) is 23.8 Å². The molecule has 0 spiro atoms. The van der Waals surface area contributed by atoms with E-state index < -0.39 is 0 Å². The largest absolute Gasteiger partial charge is 0.339 e. The maximum absolute atomic E-state index is 12.5. The van der Waals surface area contributed by atoms with E-state index in [1.54, 1.807) is 11.8 Å². The highest BCUT2D eigenvalue weighted by Crippen LogP contribution is 2.29. The Hall–Kier alpha value is -1.10. The minimum absolute atomic E-state index is 0.00883. The van der Waals surface area contributed by atoms with Crippen LogP contribution in [0.3, 0.4) is 0 Å². The van der Waals surface area contributed by atoms with E-state index in [1.807, 2.05) is 4.90 Å². The molecule has 2 rings (SSSR count). The number of hydrogen-bond donors (Lipinski definition) is 1. The van der Waals surface area contributed by atoms with Gasteiger partial charge in [-0.2, -0.15) is 0 Å². The first-order chi connectivity index (χ1) is 8.99. The highest BCUT2D eigenvalue weighted by atomic mass is 16.2. The molecule has 19 heavy (non-hydrogen) atoms. The number of nitrogens with zero attached hydrogens (tertiary/aromatic N) is 2. The Morgan fingerprint density at radius 2 is 1.63 bits per heavy atom. The van der Waals surface area contributed by atoms with Crippen molar-refractivity contribution in [2.45, 2.75) is 39.2 Å². The van der Waals surface area contributed by atoms with Crippen molar-refractivity contribution in [2.75, 3.05) is 26.2 Å². The average Bonchev–Trinajstić information content (AvgIpc) is 2.41. The van der Waals surface area contributed by atoms with Crippen LogP contribution in [0.4, 0.5) is 0 Å². The smallest absolute Gasteiger partial charge is 0.227 e. The van der Waals surface area contributed by atoms with Gasteiger partial charge in [0.25, 0.3) is 0 Å². The van der Waals surface area contributed by atoms with E-state index in [2.05, 4.69) is 6.92 Å². The molecule has 2 amide bonds. The molecule has 1 aliphatic heterocycles. The van der Waals surface area contributed by atoms with Gasteiger partial charge in [0.1, 0.15) is 0 Å². The van der Waals surface area contributed by atoms with Crippen molar-refractivity contribution in [3.8, 4) is 0 Å². The van der Waals surface area contributed by atoms with E-state index >= 15 is 0 Å². The Kier molecular flexibility index (Phi) is 4.45. The van der Waals surface area contributed by atoms with Crippen LogP contribution in [0.5, 0.6) is 0 Å². The Labute approximate surface area is 115 Å². The fourth-order valence-electron chi connectivity index (χ4n) is 3.16. The third-order valence-electron chi connectivity index (χ3n) is 4.52. The third kappa shape index (κ3) is 3.26. The number of hydrogen-bond acceptors (Lipinski definition) is 3. The zero-order valence-corrected chi connectivity index (χ0v) is 12.0. The van der Waals surface area contributed by atoms with Gasteiger partial charge >= 0.3 is 0 Å². The number of amides is 2. The summed E-state index contributed by atoms with van der Waals surface area (Å²) in [6.07, 6.45) is 2.99. The summed E-state index contributed by atoms with van der Waals surface area (Å²) in [5.41, 5.74) is 6.11. The van der Waals surface area contributed by atoms with Gasteiger partial charge in [0, 0.05) is 39.1 Å². The molecular weight excluding hydrogens is 242 g/mol. The van der Waals surface area contributed by atoms with Crippen LogP contribution < -0.4 is 5.73 Å². The SMILES string of the molecule is CC(=O)N1CCN(C(=O)C2CC(C)CCC2N)CC1. The van der Waals surface area contributed by atoms with E-state index in [4.69, 9.17) is 5.73 Å². The fourth-order valence-corrected chi connectivity index (χ4v) is 3.16. The molecule has 2 aliphatic rings. The first-order valence-corrected chi connectivity index (χ1v) is 7.29. The minimum Gasteiger partial charge on any atom is -0.339 e. The molecule has 0 aromatic carbocycles. The van der Waals surface area contributed by atoms with E-state index in [1.165, 1.54) is 0 Å². The van der Waals surface area contributed by atoms with Crippen LogP contribution in [0.15, 0.2) is 0 Å². The number of nitrogens with two attached hydrogens (primary N) is 1. The van der Waals surface area contributed by atoms with Crippen molar-refractivity contribution in [3.05, 3.63) is 0 Å². The molecule has 5 nitrogen and oxygen atoms in total. The second-order valence-electron chi connectivity index (χ2n) is 6.02. The summed E-state index contributed by atoms with van der Waals surface area (Å²) >= 11 is 0. The van der Waals surface area contributed by atoms with Gasteiger partial charge in [0.15, 0.2) is 0 Å². The van der Waals surface area contributed by atoms with Crippen molar-refractivity contribution in [3.63, 3.8) is 0 Å². The van der Waals surface area contributed by atoms with Gasteiger partial charge < -0.3 is 15.5 Å². The normalized spacial score (nSPS) is 32.3. The molecule has 0 radical (unpaired) electrons. The average molecular weight is 267 g/mol. The molecule has 1 heterocycles. The quantitative estimate of drug-likeness (QED) is 0.749. The molecule has 3 atom stereocenters. The molecule has 0 aromatic heterocycles. The molecule has 2 fully saturated rings. The van der Waals surface area contributed by atoms with Crippen molar-refractivity contribution >= 4 is 11.8 Å². The molecule has 0 aromatic rings. The minimum atomic E-state index is -0.0207. The van der Waals surface area contributed by atoms with Crippen LogP contribution in [-0.4, -0.2) is 53.8 Å². The Morgan fingerprint density at radius 3 is 2.21 bits per heavy atom. The third-order valence-corrected chi connectivity index (χ3v) is 4.52. The Bertz CT molecular complexity index is 351. The van der Waals surface area contributed by atoms with Gasteiger partial charge in [-0.3, -0.25) is 9.59 Å². The highest BCUT2D eigenvalue weighted by molar-refractivity contribution is 5.80. The summed E-state index contributed by atoms with van der Waals surface area (Å²) in [7, 11) is 0. The van der Waals surface area contributed by atoms with E-state index in [0.29, 0.717) is 32.1 Å². The van der Waals surface area contributed by atoms with Crippen LogP contribution in [0.25, 0.3) is 0 Å². The number of carbonyl (C=O) groups excluding carboxylic acids is 2. The second kappa shape index (κ2) is 5.90. The van der Waals surface area contributed by atoms with Gasteiger partial charge in [0.2, 0.25) is 11.8 Å². The maximum atomic E-state index is 12.5. The second-order valence-corrected chi connectivity index (χ2v) is 6.02. The molecule has 3 unspecified atom stereocenters. The lowest BCUT2D eigenvalue weighted by atomic mass is 9.78. The lowest BCUT2D eigenvalue weighted by Crippen LogP contribution is -2.54. The van der Waals surface area contributed by atoms with Crippen LogP contribution in [-0.2, 0) is 9.59 Å². The van der Waals surface area contributed by atoms with Crippen molar-refractivity contribution in [2.24, 2.45) is 17.6 Å². The van der Waals surface area contributed by atoms with Crippen LogP contribution >= 0.6 is 0 Å². The lowest BCUT2D eigenvalue weighted by Gasteiger charge is -2.39. The zero-order chi connectivity index (χ0) is 14.0. The first-order valence-electron chi connectivity index (χ1n) is 7.29. The molecule has 5 heteroatoms. The monoisotopic (exact) mass is 267 g/mol. The van der Waals surface area contributed by atoms with E-state index in [0.717, 1.165) is 19.3 Å². The summed E-state index contributed by atoms with van der Waals surface area (Å²) in [5.74, 6) is 0.859. The van der Waals surface area contributed by atoms with Gasteiger partial charge in [0.05, 0.1) is 5.92 Å². The summed E-state index contributed by atoms with van der Waals surface area (Å²) in [4.78, 5) is 27.5. The van der Waals surface area contributed by atoms with Gasteiger partial charge in [-0.05, 0) is 25.2 Å². The zero-order valence-electron chi connectivity index (χ0n) is 12.0. The maximum Gasteiger partial charge on any atom is 0.227 e. The molecular formula is C14H25N3O2. The molecule has 0 bridgehead atoms. The molecule has 1 saturated carbocycles. The number of piperazine rings is 1. The van der Waals surface area contributed by atoms with Crippen molar-refractivity contribution < 1.29 is 9.59 Å². The molecule has 1 aliphatic carbocycles. The van der Waals surface area contributed by atoms with E-state index in [9.17, 15) is 9.59 Å². The fraction of sp³-hybridized carbons (Fsp3) is 0.857. The van der Waals surface area contributed by atoms with Gasteiger partial charge in [-0.25, -0.2) is 0 Å². The van der Waals surface area contributed by atoms with Crippen molar-refractivity contribution in [1.82, 2.24) is 9.80 Å². The van der Waals surface area contributed by atoms with Gasteiger partial charge in [-0.15, -0.1) is 0 Å². The Balaban J connectivity index is 1.91. The topological polar surface area (TPSA) is 66.6 Å². The van der Waals surface area contributed by atoms with Crippen LogP contribution in [0.1, 0.15) is 33.1 Å². The van der Waals surface area contributed by atoms with Gasteiger partial charge in [-0.1, -0.05) is 6.92 Å². The lowest BCUT2D eigenvalue weighted by molar-refractivity contribution is -0.143. The predicted molar refractivity (Wildman–Crippen MR) is 73.3 cm³/mol. The number of rotatable bonds is 1. The summed E-state index contributed by atoms with van der Waals surface area (Å²) in [6, 6.07) is 0.00883. The number of carbonyl (C=O) groups is 2. The first kappa shape index (κ1) is 14.3. The summed E-state index contributed by atoms with van der Waals surface area (Å²) < 4.78 is 0. The van der Waals surface area contributed by atoms with Crippen LogP contribution in [0.2, 0.25) is 0 Å². The molecule has 2 N–H and O–H groups in total. The highest BCUT2D eigenvalue weighted by Gasteiger charge is 2.35. The molecule has 108 valence electrons. The van der Waals surface area contributed by atoms with Crippen LogP contribution in [0, 0.1) is 11.8 Å². The Morgan fingerprint density at radius 1 is 1.05 bits per heavy atom. The predicted octanol–water partition coefficient (Wildman–Crippen LogP) is 0.441. The standard InChI is InChI=1S/C14H25N3O2/c1-10-3-4-13(15)12(9-10)14(19)17-7-5-16(6-8-17)11(2)18/h10,12-13H,3-9,15H2,1-2H3.